The number of hydrogen-bond acceptors (Lipinski definition) is 5. The Morgan fingerprint density at radius 3 is 2.52 bits per heavy atom. The molecule has 1 aliphatic carbocycles. The zero-order valence-corrected chi connectivity index (χ0v) is 13.2. The Morgan fingerprint density at radius 2 is 2.00 bits per heavy atom. The number of hydrogen-bond donors (Lipinski definition) is 2. The first kappa shape index (κ1) is 15.9. The standard InChI is InChI=1S/C15H25N3O3/c1-8(2)11(19)7-12(20)16-13(9(3)4)15-17-14(18-21-15)10-5-6-10/h8-11,13,19H,5-7H2,1-4H3,(H,16,20). The van der Waals surface area contributed by atoms with Gasteiger partial charge in [-0.3, -0.25) is 4.79 Å². The van der Waals surface area contributed by atoms with E-state index in [2.05, 4.69) is 15.5 Å². The Balaban J connectivity index is 1.99. The molecule has 6 nitrogen and oxygen atoms in total. The molecule has 0 aromatic carbocycles. The van der Waals surface area contributed by atoms with E-state index in [0.29, 0.717) is 11.8 Å². The van der Waals surface area contributed by atoms with E-state index in [-0.39, 0.29) is 30.2 Å². The van der Waals surface area contributed by atoms with Crippen LogP contribution in [0.15, 0.2) is 4.52 Å². The molecule has 1 fully saturated rings. The molecule has 1 aliphatic rings. The van der Waals surface area contributed by atoms with Crippen LogP contribution in [0.5, 0.6) is 0 Å². The van der Waals surface area contributed by atoms with Crippen LogP contribution in [0.1, 0.15) is 70.6 Å². The molecular weight excluding hydrogens is 270 g/mol. The third-order valence-electron chi connectivity index (χ3n) is 3.81. The highest BCUT2D eigenvalue weighted by Crippen LogP contribution is 2.38. The first-order valence-corrected chi connectivity index (χ1v) is 7.69. The fourth-order valence-electron chi connectivity index (χ4n) is 2.05. The van der Waals surface area contributed by atoms with Gasteiger partial charge in [0.15, 0.2) is 5.82 Å². The molecule has 1 heterocycles. The largest absolute Gasteiger partial charge is 0.392 e. The molecule has 1 amide bonds. The van der Waals surface area contributed by atoms with Gasteiger partial charge in [-0.2, -0.15) is 4.98 Å². The second-order valence-corrected chi connectivity index (χ2v) is 6.57. The van der Waals surface area contributed by atoms with Gasteiger partial charge in [-0.05, 0) is 24.7 Å². The maximum atomic E-state index is 12.0. The molecule has 6 heteroatoms. The molecule has 1 saturated carbocycles. The van der Waals surface area contributed by atoms with Gasteiger partial charge in [-0.1, -0.05) is 32.9 Å². The second-order valence-electron chi connectivity index (χ2n) is 6.57. The number of carbonyl (C=O) groups excluding carboxylic acids is 1. The first-order valence-electron chi connectivity index (χ1n) is 7.69. The van der Waals surface area contributed by atoms with Gasteiger partial charge in [0, 0.05) is 5.92 Å². The van der Waals surface area contributed by atoms with Crippen LogP contribution in [0.4, 0.5) is 0 Å². The highest BCUT2D eigenvalue weighted by Gasteiger charge is 2.31. The summed E-state index contributed by atoms with van der Waals surface area (Å²) in [7, 11) is 0. The molecule has 118 valence electrons. The number of aromatic nitrogens is 2. The summed E-state index contributed by atoms with van der Waals surface area (Å²) in [6.45, 7) is 7.76. The van der Waals surface area contributed by atoms with Gasteiger partial charge < -0.3 is 14.9 Å². The summed E-state index contributed by atoms with van der Waals surface area (Å²) in [4.78, 5) is 16.4. The third-order valence-corrected chi connectivity index (χ3v) is 3.81. The van der Waals surface area contributed by atoms with Crippen molar-refractivity contribution in [1.29, 1.82) is 0 Å². The number of nitrogens with one attached hydrogen (secondary N) is 1. The topological polar surface area (TPSA) is 88.2 Å². The van der Waals surface area contributed by atoms with Gasteiger partial charge in [0.05, 0.1) is 12.5 Å². The molecule has 1 aromatic heterocycles. The number of nitrogens with zero attached hydrogens (tertiary/aromatic N) is 2. The van der Waals surface area contributed by atoms with Gasteiger partial charge in [0.1, 0.15) is 6.04 Å². The predicted octanol–water partition coefficient (Wildman–Crippen LogP) is 2.17. The molecule has 2 N–H and O–H groups in total. The van der Waals surface area contributed by atoms with Crippen molar-refractivity contribution >= 4 is 5.91 Å². The van der Waals surface area contributed by atoms with E-state index < -0.39 is 6.10 Å². The Morgan fingerprint density at radius 1 is 1.33 bits per heavy atom. The van der Waals surface area contributed by atoms with Gasteiger partial charge in [-0.15, -0.1) is 0 Å². The average Bonchev–Trinajstić information content (AvgIpc) is 3.14. The highest BCUT2D eigenvalue weighted by atomic mass is 16.5. The van der Waals surface area contributed by atoms with E-state index in [1.165, 1.54) is 0 Å². The molecule has 2 atom stereocenters. The van der Waals surface area contributed by atoms with Gasteiger partial charge in [0.25, 0.3) is 0 Å². The molecule has 21 heavy (non-hydrogen) atoms. The zero-order valence-electron chi connectivity index (χ0n) is 13.2. The summed E-state index contributed by atoms with van der Waals surface area (Å²) in [6, 6.07) is -0.308. The van der Waals surface area contributed by atoms with E-state index in [1.807, 2.05) is 27.7 Å². The van der Waals surface area contributed by atoms with E-state index in [1.54, 1.807) is 0 Å². The van der Waals surface area contributed by atoms with E-state index in [4.69, 9.17) is 4.52 Å². The van der Waals surface area contributed by atoms with Crippen LogP contribution in [-0.4, -0.2) is 27.3 Å². The number of aliphatic hydroxyl groups is 1. The number of aliphatic hydroxyl groups excluding tert-OH is 1. The van der Waals surface area contributed by atoms with Crippen molar-refractivity contribution in [2.45, 2.75) is 65.0 Å². The second kappa shape index (κ2) is 6.56. The summed E-state index contributed by atoms with van der Waals surface area (Å²) in [6.07, 6.45) is 1.67. The maximum Gasteiger partial charge on any atom is 0.249 e. The van der Waals surface area contributed by atoms with Crippen molar-refractivity contribution in [1.82, 2.24) is 15.5 Å². The minimum absolute atomic E-state index is 0.0538. The quantitative estimate of drug-likeness (QED) is 0.805. The van der Waals surface area contributed by atoms with Crippen molar-refractivity contribution in [2.75, 3.05) is 0 Å². The third kappa shape index (κ3) is 4.27. The molecule has 1 aromatic rings. The average molecular weight is 295 g/mol. The smallest absolute Gasteiger partial charge is 0.249 e. The predicted molar refractivity (Wildman–Crippen MR) is 77.5 cm³/mol. The van der Waals surface area contributed by atoms with E-state index in [0.717, 1.165) is 18.7 Å². The Kier molecular flexibility index (Phi) is 4.98. The van der Waals surface area contributed by atoms with Crippen LogP contribution in [0.3, 0.4) is 0 Å². The Bertz CT molecular complexity index is 480. The molecule has 0 spiro atoms. The minimum atomic E-state index is -0.637. The highest BCUT2D eigenvalue weighted by molar-refractivity contribution is 5.76. The fraction of sp³-hybridized carbons (Fsp3) is 0.800. The molecule has 2 rings (SSSR count). The molecule has 2 unspecified atom stereocenters. The summed E-state index contributed by atoms with van der Waals surface area (Å²) >= 11 is 0. The van der Waals surface area contributed by atoms with Crippen LogP contribution in [0.2, 0.25) is 0 Å². The molecule has 0 bridgehead atoms. The molecule has 0 aliphatic heterocycles. The van der Waals surface area contributed by atoms with Crippen LogP contribution < -0.4 is 5.32 Å². The lowest BCUT2D eigenvalue weighted by Crippen LogP contribution is -2.35. The normalized spacial score (nSPS) is 18.0. The summed E-state index contributed by atoms with van der Waals surface area (Å²) in [5.74, 6) is 1.62. The first-order chi connectivity index (χ1) is 9.88. The SMILES string of the molecule is CC(C)C(O)CC(=O)NC(c1nc(C2CC2)no1)C(C)C. The molecule has 0 saturated heterocycles. The monoisotopic (exact) mass is 295 g/mol. The van der Waals surface area contributed by atoms with E-state index in [9.17, 15) is 9.90 Å². The lowest BCUT2D eigenvalue weighted by molar-refractivity contribution is -0.124. The minimum Gasteiger partial charge on any atom is -0.392 e. The van der Waals surface area contributed by atoms with Gasteiger partial charge in [0.2, 0.25) is 11.8 Å². The lowest BCUT2D eigenvalue weighted by atomic mass is 10.0. The van der Waals surface area contributed by atoms with Crippen molar-refractivity contribution in [3.05, 3.63) is 11.7 Å². The molecular formula is C15H25N3O3. The van der Waals surface area contributed by atoms with Gasteiger partial charge in [-0.25, -0.2) is 0 Å². The zero-order chi connectivity index (χ0) is 15.6. The van der Waals surface area contributed by atoms with Crippen LogP contribution in [-0.2, 0) is 4.79 Å². The van der Waals surface area contributed by atoms with Crippen LogP contribution >= 0.6 is 0 Å². The van der Waals surface area contributed by atoms with Crippen molar-refractivity contribution in [3.8, 4) is 0 Å². The van der Waals surface area contributed by atoms with E-state index >= 15 is 0 Å². The van der Waals surface area contributed by atoms with Crippen molar-refractivity contribution < 1.29 is 14.4 Å². The number of amides is 1. The Labute approximate surface area is 125 Å². The molecule has 0 radical (unpaired) electrons. The lowest BCUT2D eigenvalue weighted by Gasteiger charge is -2.20. The maximum absolute atomic E-state index is 12.0. The summed E-state index contributed by atoms with van der Waals surface area (Å²) in [5.41, 5.74) is 0. The van der Waals surface area contributed by atoms with Crippen molar-refractivity contribution in [2.24, 2.45) is 11.8 Å². The number of rotatable bonds is 7. The fourth-order valence-corrected chi connectivity index (χ4v) is 2.05. The van der Waals surface area contributed by atoms with Crippen molar-refractivity contribution in [3.63, 3.8) is 0 Å². The number of carbonyl (C=O) groups is 1. The summed E-state index contributed by atoms with van der Waals surface area (Å²) < 4.78 is 5.30. The Hall–Kier alpha value is -1.43. The summed E-state index contributed by atoms with van der Waals surface area (Å²) in [5, 5.41) is 16.7. The van der Waals surface area contributed by atoms with Crippen LogP contribution in [0, 0.1) is 11.8 Å². The van der Waals surface area contributed by atoms with Gasteiger partial charge >= 0.3 is 0 Å². The van der Waals surface area contributed by atoms with Crippen LogP contribution in [0.25, 0.3) is 0 Å².